The summed E-state index contributed by atoms with van der Waals surface area (Å²) in [7, 11) is 1.20. The van der Waals surface area contributed by atoms with E-state index in [1.165, 1.54) is 18.9 Å². The molecule has 0 saturated carbocycles. The molecule has 5 nitrogen and oxygen atoms in total. The van der Waals surface area contributed by atoms with Gasteiger partial charge in [-0.3, -0.25) is 4.79 Å². The number of halogens is 2. The summed E-state index contributed by atoms with van der Waals surface area (Å²) >= 11 is 0. The smallest absolute Gasteiger partial charge is 0.410 e. The van der Waals surface area contributed by atoms with E-state index in [1.807, 2.05) is 0 Å². The van der Waals surface area contributed by atoms with Crippen molar-refractivity contribution in [3.8, 4) is 0 Å². The predicted octanol–water partition coefficient (Wildman–Crippen LogP) is 3.61. The lowest BCUT2D eigenvalue weighted by Crippen LogP contribution is -2.61. The molecule has 2 unspecified atom stereocenters. The number of likely N-dealkylation sites (tertiary alicyclic amines) is 1. The minimum atomic E-state index is -2.95. The summed E-state index contributed by atoms with van der Waals surface area (Å²) < 4.78 is 38.5. The number of ether oxygens (including phenoxy) is 2. The van der Waals surface area contributed by atoms with E-state index in [2.05, 4.69) is 4.74 Å². The quantitative estimate of drug-likeness (QED) is 0.739. The molecule has 0 N–H and O–H groups in total. The molecule has 0 aromatic heterocycles. The molecule has 1 heterocycles. The predicted molar refractivity (Wildman–Crippen MR) is 81.3 cm³/mol. The van der Waals surface area contributed by atoms with Gasteiger partial charge in [-0.05, 0) is 27.2 Å². The molecule has 1 saturated heterocycles. The molecule has 23 heavy (non-hydrogen) atoms. The highest BCUT2D eigenvalue weighted by Crippen LogP contribution is 2.42. The van der Waals surface area contributed by atoms with Crippen molar-refractivity contribution >= 4 is 12.1 Å². The number of rotatable bonds is 3. The summed E-state index contributed by atoms with van der Waals surface area (Å²) in [6.45, 7) is 8.23. The standard InChI is InChI=1S/C16H27F2NO4/c1-7-11-9-16(17,18)10(2)12(8-13(20)22-6)19(11)14(21)23-15(3,4)5/h10-12H,7-9H2,1-6H3/t10?,11?,12-/m0/s1. The minimum Gasteiger partial charge on any atom is -0.469 e. The number of hydrogen-bond donors (Lipinski definition) is 0. The third-order valence-corrected chi connectivity index (χ3v) is 4.18. The Morgan fingerprint density at radius 3 is 2.30 bits per heavy atom. The lowest BCUT2D eigenvalue weighted by atomic mass is 9.81. The first-order chi connectivity index (χ1) is 10.4. The Morgan fingerprint density at radius 1 is 1.30 bits per heavy atom. The van der Waals surface area contributed by atoms with Crippen LogP contribution >= 0.6 is 0 Å². The van der Waals surface area contributed by atoms with Crippen molar-refractivity contribution in [1.82, 2.24) is 4.90 Å². The number of alkyl halides is 2. The van der Waals surface area contributed by atoms with Crippen LogP contribution in [0.1, 0.15) is 53.9 Å². The Balaban J connectivity index is 3.16. The summed E-state index contributed by atoms with van der Waals surface area (Å²) in [5, 5.41) is 0. The molecule has 0 aromatic rings. The number of amides is 1. The molecule has 0 aliphatic carbocycles. The van der Waals surface area contributed by atoms with Gasteiger partial charge in [0.2, 0.25) is 0 Å². The molecule has 0 bridgehead atoms. The highest BCUT2D eigenvalue weighted by atomic mass is 19.3. The largest absolute Gasteiger partial charge is 0.469 e. The van der Waals surface area contributed by atoms with Crippen LogP contribution in [0.4, 0.5) is 13.6 Å². The van der Waals surface area contributed by atoms with Crippen molar-refractivity contribution < 1.29 is 27.8 Å². The second-order valence-electron chi connectivity index (χ2n) is 7.05. The van der Waals surface area contributed by atoms with Crippen LogP contribution in [-0.2, 0) is 14.3 Å². The number of piperidine rings is 1. The molecule has 1 aliphatic rings. The Bertz CT molecular complexity index is 448. The number of carbonyl (C=O) groups excluding carboxylic acids is 2. The monoisotopic (exact) mass is 335 g/mol. The first kappa shape index (κ1) is 19.6. The van der Waals surface area contributed by atoms with Gasteiger partial charge in [0, 0.05) is 18.4 Å². The third-order valence-electron chi connectivity index (χ3n) is 4.18. The minimum absolute atomic E-state index is 0.275. The van der Waals surface area contributed by atoms with E-state index in [9.17, 15) is 18.4 Å². The normalized spacial score (nSPS) is 27.5. The van der Waals surface area contributed by atoms with E-state index >= 15 is 0 Å². The van der Waals surface area contributed by atoms with Crippen LogP contribution in [-0.4, -0.2) is 47.7 Å². The zero-order chi connectivity index (χ0) is 18.0. The van der Waals surface area contributed by atoms with Gasteiger partial charge in [0.1, 0.15) is 5.60 Å². The van der Waals surface area contributed by atoms with Gasteiger partial charge in [-0.2, -0.15) is 0 Å². The van der Waals surface area contributed by atoms with Crippen molar-refractivity contribution in [3.05, 3.63) is 0 Å². The number of nitrogens with zero attached hydrogens (tertiary/aromatic N) is 1. The fraction of sp³-hybridized carbons (Fsp3) is 0.875. The number of esters is 1. The van der Waals surface area contributed by atoms with Crippen LogP contribution in [0.15, 0.2) is 0 Å². The van der Waals surface area contributed by atoms with Crippen LogP contribution < -0.4 is 0 Å². The Hall–Kier alpha value is -1.40. The van der Waals surface area contributed by atoms with Crippen LogP contribution in [0.2, 0.25) is 0 Å². The van der Waals surface area contributed by atoms with Crippen LogP contribution in [0, 0.1) is 5.92 Å². The summed E-state index contributed by atoms with van der Waals surface area (Å²) in [5.41, 5.74) is -0.742. The maximum Gasteiger partial charge on any atom is 0.410 e. The van der Waals surface area contributed by atoms with Gasteiger partial charge in [-0.15, -0.1) is 0 Å². The molecule has 7 heteroatoms. The SMILES string of the molecule is CCC1CC(F)(F)C(C)[C@H](CC(=O)OC)N1C(=O)OC(C)(C)C. The zero-order valence-electron chi connectivity index (χ0n) is 14.7. The highest BCUT2D eigenvalue weighted by molar-refractivity contribution is 5.73. The Morgan fingerprint density at radius 2 is 1.87 bits per heavy atom. The molecule has 0 aromatic carbocycles. The number of methoxy groups -OCH3 is 1. The van der Waals surface area contributed by atoms with Crippen molar-refractivity contribution in [1.29, 1.82) is 0 Å². The summed E-state index contributed by atoms with van der Waals surface area (Å²) in [6.07, 6.45) is -1.01. The highest BCUT2D eigenvalue weighted by Gasteiger charge is 2.53. The van der Waals surface area contributed by atoms with E-state index in [1.54, 1.807) is 27.7 Å². The first-order valence-electron chi connectivity index (χ1n) is 7.89. The number of hydrogen-bond acceptors (Lipinski definition) is 4. The number of carbonyl (C=O) groups is 2. The van der Waals surface area contributed by atoms with Crippen LogP contribution in [0.3, 0.4) is 0 Å². The van der Waals surface area contributed by atoms with Crippen molar-refractivity contribution in [2.24, 2.45) is 5.92 Å². The first-order valence-corrected chi connectivity index (χ1v) is 7.89. The van der Waals surface area contributed by atoms with Gasteiger partial charge in [0.05, 0.1) is 19.6 Å². The van der Waals surface area contributed by atoms with Gasteiger partial charge in [-0.25, -0.2) is 13.6 Å². The molecule has 134 valence electrons. The third kappa shape index (κ3) is 4.78. The topological polar surface area (TPSA) is 55.8 Å². The molecule has 1 amide bonds. The van der Waals surface area contributed by atoms with E-state index in [0.717, 1.165) is 0 Å². The molecule has 1 rings (SSSR count). The molecule has 3 atom stereocenters. The average Bonchev–Trinajstić information content (AvgIpc) is 2.41. The van der Waals surface area contributed by atoms with Crippen LogP contribution in [0.5, 0.6) is 0 Å². The fourth-order valence-corrected chi connectivity index (χ4v) is 2.86. The van der Waals surface area contributed by atoms with E-state index in [4.69, 9.17) is 4.74 Å². The summed E-state index contributed by atoms with van der Waals surface area (Å²) in [5.74, 6) is -4.72. The maximum absolute atomic E-state index is 14.3. The molecule has 0 spiro atoms. The second kappa shape index (κ2) is 7.01. The van der Waals surface area contributed by atoms with Gasteiger partial charge in [-0.1, -0.05) is 13.8 Å². The van der Waals surface area contributed by atoms with Gasteiger partial charge in [0.25, 0.3) is 5.92 Å². The molecule has 1 aliphatic heterocycles. The van der Waals surface area contributed by atoms with E-state index in [0.29, 0.717) is 6.42 Å². The lowest BCUT2D eigenvalue weighted by Gasteiger charge is -2.48. The average molecular weight is 335 g/mol. The molecular formula is C16H27F2NO4. The Kier molecular flexibility index (Phi) is 5.99. The zero-order valence-corrected chi connectivity index (χ0v) is 14.7. The van der Waals surface area contributed by atoms with Crippen molar-refractivity contribution in [3.63, 3.8) is 0 Å². The maximum atomic E-state index is 14.3. The van der Waals surface area contributed by atoms with Gasteiger partial charge >= 0.3 is 12.1 Å². The van der Waals surface area contributed by atoms with Crippen LogP contribution in [0.25, 0.3) is 0 Å². The molecule has 0 radical (unpaired) electrons. The molecular weight excluding hydrogens is 308 g/mol. The second-order valence-corrected chi connectivity index (χ2v) is 7.05. The fourth-order valence-electron chi connectivity index (χ4n) is 2.86. The van der Waals surface area contributed by atoms with Crippen molar-refractivity contribution in [2.75, 3.05) is 7.11 Å². The Labute approximate surface area is 136 Å². The molecule has 1 fully saturated rings. The van der Waals surface area contributed by atoms with Gasteiger partial charge < -0.3 is 14.4 Å². The summed E-state index contributed by atoms with van der Waals surface area (Å²) in [6, 6.07) is -1.63. The van der Waals surface area contributed by atoms with Gasteiger partial charge in [0.15, 0.2) is 0 Å². The van der Waals surface area contributed by atoms with Crippen molar-refractivity contribution in [2.45, 2.75) is 77.5 Å². The lowest BCUT2D eigenvalue weighted by molar-refractivity contribution is -0.157. The van der Waals surface area contributed by atoms with E-state index < -0.39 is 48.0 Å². The van der Waals surface area contributed by atoms with E-state index in [-0.39, 0.29) is 6.42 Å². The summed E-state index contributed by atoms with van der Waals surface area (Å²) in [4.78, 5) is 25.5.